The van der Waals surface area contributed by atoms with Crippen LogP contribution in [0.3, 0.4) is 0 Å². The fraction of sp³-hybridized carbons (Fsp3) is 0.127. The molecule has 13 rings (SSSR count). The van der Waals surface area contributed by atoms with Gasteiger partial charge in [-0.05, 0) is 104 Å². The van der Waals surface area contributed by atoms with E-state index in [0.29, 0.717) is 0 Å². The summed E-state index contributed by atoms with van der Waals surface area (Å²) in [5.74, 6) is 0. The van der Waals surface area contributed by atoms with E-state index in [1.165, 1.54) is 118 Å². The molecule has 5 heteroatoms. The van der Waals surface area contributed by atoms with E-state index >= 15 is 0 Å². The summed E-state index contributed by atoms with van der Waals surface area (Å²) in [6.45, 7) is 11.6. The highest BCUT2D eigenvalue weighted by Gasteiger charge is 2.37. The normalized spacial score (nSPS) is 14.0. The Morgan fingerprint density at radius 1 is 0.533 bits per heavy atom. The maximum absolute atomic E-state index is 3.95. The molecule has 11 aromatic rings. The van der Waals surface area contributed by atoms with Gasteiger partial charge in [-0.2, -0.15) is 0 Å². The van der Waals surface area contributed by atoms with Crippen LogP contribution in [0.15, 0.2) is 146 Å². The largest absolute Gasteiger partial charge is 0.355 e. The molecular formula is C55H41BN2S2. The molecule has 1 N–H and O–H groups in total. The van der Waals surface area contributed by atoms with Crippen molar-refractivity contribution in [2.24, 2.45) is 0 Å². The van der Waals surface area contributed by atoms with Gasteiger partial charge in [0.1, 0.15) is 0 Å². The SMILES string of the molecule is CC(C)(C)c1ccc(Nc2cc3sc4ccccc4c3cc2-c2ccc3c4cc5c(cc4n4c3c2Bc2cc3c(cc2-4)sc2ccccc23)C(C)(C)c2ccccc2-5)cc1. The van der Waals surface area contributed by atoms with Crippen molar-refractivity contribution in [3.63, 3.8) is 0 Å². The Morgan fingerprint density at radius 3 is 1.95 bits per heavy atom. The molecule has 0 radical (unpaired) electrons. The van der Waals surface area contributed by atoms with Crippen LogP contribution in [-0.4, -0.2) is 11.8 Å². The van der Waals surface area contributed by atoms with Crippen molar-refractivity contribution in [3.05, 3.63) is 162 Å². The Hall–Kier alpha value is -6.14. The molecule has 0 bridgehead atoms. The standard InChI is InChI=1S/C55H41BN2S2/c1-54(2,3)30-18-20-31(21-19-30)57-45-28-50-40(33-13-7-10-16-48(33)59-50)25-38(45)35-22-23-36-39-24-37-32-12-6-9-15-42(32)55(4,5)43(37)27-46(39)58-47-29-51-41(26-44(47)56-52(35)53(36)58)34-14-8-11-17-49(34)60-51/h6-29,56-57H,1-5H3. The van der Waals surface area contributed by atoms with E-state index in [4.69, 9.17) is 0 Å². The monoisotopic (exact) mass is 804 g/mol. The Balaban J connectivity index is 1.11. The van der Waals surface area contributed by atoms with E-state index in [9.17, 15) is 0 Å². The summed E-state index contributed by atoms with van der Waals surface area (Å²) in [7, 11) is 0.856. The van der Waals surface area contributed by atoms with Crippen LogP contribution in [-0.2, 0) is 10.8 Å². The second-order valence-corrected chi connectivity index (χ2v) is 20.8. The van der Waals surface area contributed by atoms with E-state index in [1.807, 2.05) is 22.7 Å². The van der Waals surface area contributed by atoms with Crippen molar-refractivity contribution >= 4 is 114 Å². The van der Waals surface area contributed by atoms with Gasteiger partial charge in [-0.25, -0.2) is 0 Å². The molecule has 2 aliphatic rings. The molecule has 0 fully saturated rings. The minimum Gasteiger partial charge on any atom is -0.355 e. The lowest BCUT2D eigenvalue weighted by molar-refractivity contribution is 0.590. The Bertz CT molecular complexity index is 3670. The van der Waals surface area contributed by atoms with E-state index in [-0.39, 0.29) is 10.8 Å². The van der Waals surface area contributed by atoms with Crippen molar-refractivity contribution in [3.8, 4) is 27.9 Å². The quantitative estimate of drug-likeness (QED) is 0.176. The molecule has 1 aliphatic carbocycles. The highest BCUT2D eigenvalue weighted by molar-refractivity contribution is 7.26. The van der Waals surface area contributed by atoms with Crippen molar-refractivity contribution < 1.29 is 0 Å². The van der Waals surface area contributed by atoms with Gasteiger partial charge in [0.15, 0.2) is 7.28 Å². The zero-order chi connectivity index (χ0) is 40.2. The number of nitrogens with one attached hydrogen (secondary N) is 1. The second-order valence-electron chi connectivity index (χ2n) is 18.6. The molecule has 0 saturated carbocycles. The molecular weight excluding hydrogens is 764 g/mol. The molecule has 60 heavy (non-hydrogen) atoms. The Morgan fingerprint density at radius 2 is 1.20 bits per heavy atom. The predicted molar refractivity (Wildman–Crippen MR) is 264 cm³/mol. The smallest absolute Gasteiger partial charge is 0.198 e. The maximum atomic E-state index is 3.95. The fourth-order valence-electron chi connectivity index (χ4n) is 10.7. The zero-order valence-corrected chi connectivity index (χ0v) is 36.0. The van der Waals surface area contributed by atoms with Crippen LogP contribution in [0.2, 0.25) is 0 Å². The van der Waals surface area contributed by atoms with Gasteiger partial charge in [0.25, 0.3) is 0 Å². The molecule has 0 spiro atoms. The number of hydrogen-bond acceptors (Lipinski definition) is 3. The average molecular weight is 805 g/mol. The highest BCUT2D eigenvalue weighted by Crippen LogP contribution is 2.52. The number of benzene rings is 8. The molecule has 0 unspecified atom stereocenters. The third-order valence-electron chi connectivity index (χ3n) is 13.8. The number of thiophene rings is 2. The minimum absolute atomic E-state index is 0.0899. The van der Waals surface area contributed by atoms with Crippen LogP contribution in [0.5, 0.6) is 0 Å². The van der Waals surface area contributed by atoms with Crippen LogP contribution >= 0.6 is 22.7 Å². The fourth-order valence-corrected chi connectivity index (χ4v) is 12.9. The second kappa shape index (κ2) is 12.0. The first-order chi connectivity index (χ1) is 29.1. The predicted octanol–water partition coefficient (Wildman–Crippen LogP) is 14.2. The van der Waals surface area contributed by atoms with Gasteiger partial charge in [-0.1, -0.05) is 131 Å². The third kappa shape index (κ3) is 4.76. The average Bonchev–Trinajstić information content (AvgIpc) is 3.96. The van der Waals surface area contributed by atoms with Crippen LogP contribution in [0, 0.1) is 0 Å². The highest BCUT2D eigenvalue weighted by atomic mass is 32.1. The van der Waals surface area contributed by atoms with Gasteiger partial charge in [0, 0.05) is 79.3 Å². The van der Waals surface area contributed by atoms with Gasteiger partial charge in [-0.15, -0.1) is 22.7 Å². The third-order valence-corrected chi connectivity index (χ3v) is 16.0. The molecule has 2 nitrogen and oxygen atoms in total. The van der Waals surface area contributed by atoms with Crippen LogP contribution in [0.4, 0.5) is 11.4 Å². The molecule has 4 heterocycles. The molecule has 8 aromatic carbocycles. The summed E-state index contributed by atoms with van der Waals surface area (Å²) in [6.07, 6.45) is 0. The number of aromatic nitrogens is 1. The van der Waals surface area contributed by atoms with Crippen LogP contribution in [0.25, 0.3) is 90.1 Å². The maximum Gasteiger partial charge on any atom is 0.198 e. The number of fused-ring (bicyclic) bond motifs is 14. The molecule has 0 amide bonds. The minimum atomic E-state index is -0.0951. The van der Waals surface area contributed by atoms with Gasteiger partial charge in [0.2, 0.25) is 0 Å². The lowest BCUT2D eigenvalue weighted by Crippen LogP contribution is -2.37. The number of rotatable bonds is 3. The van der Waals surface area contributed by atoms with E-state index in [2.05, 4.69) is 190 Å². The van der Waals surface area contributed by atoms with Crippen molar-refractivity contribution in [2.45, 2.75) is 45.4 Å². The van der Waals surface area contributed by atoms with Gasteiger partial charge >= 0.3 is 0 Å². The van der Waals surface area contributed by atoms with Gasteiger partial charge in [0.05, 0.1) is 5.52 Å². The number of anilines is 2. The lowest BCUT2D eigenvalue weighted by Gasteiger charge is -2.25. The van der Waals surface area contributed by atoms with Crippen molar-refractivity contribution in [1.82, 2.24) is 4.57 Å². The summed E-state index contributed by atoms with van der Waals surface area (Å²) < 4.78 is 7.95. The Labute approximate surface area is 358 Å². The first-order valence-corrected chi connectivity index (χ1v) is 22.8. The van der Waals surface area contributed by atoms with Gasteiger partial charge < -0.3 is 9.88 Å². The number of nitrogens with zero attached hydrogens (tertiary/aromatic N) is 1. The van der Waals surface area contributed by atoms with Crippen molar-refractivity contribution in [2.75, 3.05) is 5.32 Å². The first-order valence-electron chi connectivity index (χ1n) is 21.1. The zero-order valence-electron chi connectivity index (χ0n) is 34.3. The van der Waals surface area contributed by atoms with E-state index in [1.54, 1.807) is 0 Å². The summed E-state index contributed by atoms with van der Waals surface area (Å²) in [5.41, 5.74) is 18.3. The molecule has 1 aliphatic heterocycles. The number of hydrogen-bond donors (Lipinski definition) is 1. The molecule has 3 aromatic heterocycles. The van der Waals surface area contributed by atoms with Crippen LogP contribution < -0.4 is 16.2 Å². The van der Waals surface area contributed by atoms with Crippen molar-refractivity contribution in [1.29, 1.82) is 0 Å². The van der Waals surface area contributed by atoms with E-state index in [0.717, 1.165) is 18.7 Å². The van der Waals surface area contributed by atoms with Crippen LogP contribution in [0.1, 0.15) is 51.3 Å². The van der Waals surface area contributed by atoms with Gasteiger partial charge in [-0.3, -0.25) is 0 Å². The summed E-state index contributed by atoms with van der Waals surface area (Å²) in [5, 5.41) is 11.9. The first kappa shape index (κ1) is 34.7. The summed E-state index contributed by atoms with van der Waals surface area (Å²) in [4.78, 5) is 0. The Kier molecular flexibility index (Phi) is 6.94. The summed E-state index contributed by atoms with van der Waals surface area (Å²) >= 11 is 3.79. The molecule has 286 valence electrons. The summed E-state index contributed by atoms with van der Waals surface area (Å²) in [6, 6.07) is 55.7. The topological polar surface area (TPSA) is 17.0 Å². The molecule has 0 saturated heterocycles. The lowest BCUT2D eigenvalue weighted by atomic mass is 9.59. The van der Waals surface area contributed by atoms with E-state index < -0.39 is 0 Å². The molecule has 0 atom stereocenters.